The van der Waals surface area contributed by atoms with E-state index in [0.717, 1.165) is 21.9 Å². The van der Waals surface area contributed by atoms with Gasteiger partial charge in [-0.2, -0.15) is 0 Å². The molecule has 3 N–H and O–H groups in total. The summed E-state index contributed by atoms with van der Waals surface area (Å²) < 4.78 is 0. The molecule has 3 rings (SSSR count). The molecule has 2 aromatic rings. The van der Waals surface area contributed by atoms with Crippen molar-refractivity contribution in [3.63, 3.8) is 0 Å². The quantitative estimate of drug-likeness (QED) is 0.644. The number of nitrogens with two attached hydrogens (primary N) is 1. The van der Waals surface area contributed by atoms with Crippen LogP contribution < -0.4 is 11.3 Å². The summed E-state index contributed by atoms with van der Waals surface area (Å²) in [5, 5.41) is 1.08. The van der Waals surface area contributed by atoms with E-state index in [-0.39, 0.29) is 0 Å². The van der Waals surface area contributed by atoms with Crippen molar-refractivity contribution < 1.29 is 0 Å². The van der Waals surface area contributed by atoms with Crippen LogP contribution in [0.3, 0.4) is 0 Å². The molecule has 1 fully saturated rings. The monoisotopic (exact) mass is 262 g/mol. The molecule has 5 heteroatoms. The van der Waals surface area contributed by atoms with Crippen LogP contribution in [-0.4, -0.2) is 9.97 Å². The van der Waals surface area contributed by atoms with E-state index in [1.54, 1.807) is 11.3 Å². The molecule has 0 radical (unpaired) electrons. The number of hydrogen-bond acceptors (Lipinski definition) is 5. The average molecular weight is 262 g/mol. The lowest BCUT2D eigenvalue weighted by atomic mass is 10.1. The van der Waals surface area contributed by atoms with Gasteiger partial charge in [0.05, 0.1) is 5.39 Å². The van der Waals surface area contributed by atoms with E-state index >= 15 is 0 Å². The highest BCUT2D eigenvalue weighted by Crippen LogP contribution is 2.37. The summed E-state index contributed by atoms with van der Waals surface area (Å²) in [6.07, 6.45) is 5.00. The number of thiophene rings is 1. The summed E-state index contributed by atoms with van der Waals surface area (Å²) in [5.41, 5.74) is 3.98. The van der Waals surface area contributed by atoms with Crippen molar-refractivity contribution in [2.75, 3.05) is 5.43 Å². The van der Waals surface area contributed by atoms with Gasteiger partial charge in [0, 0.05) is 10.8 Å². The highest BCUT2D eigenvalue weighted by Gasteiger charge is 2.22. The van der Waals surface area contributed by atoms with Crippen LogP contribution in [0, 0.1) is 13.8 Å². The molecule has 0 bridgehead atoms. The second-order valence-electron chi connectivity index (χ2n) is 5.02. The number of fused-ring (bicyclic) bond motifs is 1. The standard InChI is InChI=1S/C13H18N4S/c1-7-8(2)18-13-10(7)12(17-14)15-11(16-13)9-5-3-4-6-9/h9H,3-6,14H2,1-2H3,(H,15,16,17). The van der Waals surface area contributed by atoms with Gasteiger partial charge in [-0.15, -0.1) is 11.3 Å². The first-order chi connectivity index (χ1) is 8.70. The van der Waals surface area contributed by atoms with E-state index in [4.69, 9.17) is 10.8 Å². The Bertz CT molecular complexity index is 584. The molecule has 1 saturated carbocycles. The van der Waals surface area contributed by atoms with Crippen LogP contribution >= 0.6 is 11.3 Å². The SMILES string of the molecule is Cc1sc2nc(C3CCCC3)nc(NN)c2c1C. The molecule has 2 heterocycles. The molecule has 18 heavy (non-hydrogen) atoms. The normalized spacial score (nSPS) is 16.6. The fourth-order valence-corrected chi connectivity index (χ4v) is 3.77. The van der Waals surface area contributed by atoms with E-state index < -0.39 is 0 Å². The molecule has 0 aromatic carbocycles. The molecule has 96 valence electrons. The Morgan fingerprint density at radius 1 is 1.22 bits per heavy atom. The highest BCUT2D eigenvalue weighted by atomic mass is 32.1. The summed E-state index contributed by atoms with van der Waals surface area (Å²) in [6, 6.07) is 0. The molecule has 0 saturated heterocycles. The third kappa shape index (κ3) is 1.78. The lowest BCUT2D eigenvalue weighted by Crippen LogP contribution is -2.12. The first-order valence-corrected chi connectivity index (χ1v) is 7.26. The van der Waals surface area contributed by atoms with Gasteiger partial charge >= 0.3 is 0 Å². The number of hydrazine groups is 1. The minimum absolute atomic E-state index is 0.518. The Labute approximate surface area is 111 Å². The highest BCUT2D eigenvalue weighted by molar-refractivity contribution is 7.18. The van der Waals surface area contributed by atoms with Crippen molar-refractivity contribution in [2.24, 2.45) is 5.84 Å². The fraction of sp³-hybridized carbons (Fsp3) is 0.538. The third-order valence-electron chi connectivity index (χ3n) is 3.90. The molecule has 0 amide bonds. The number of nitrogens with one attached hydrogen (secondary N) is 1. The molecular weight excluding hydrogens is 244 g/mol. The number of nitrogens with zero attached hydrogens (tertiary/aromatic N) is 2. The first-order valence-electron chi connectivity index (χ1n) is 6.45. The van der Waals surface area contributed by atoms with Crippen LogP contribution in [0.4, 0.5) is 5.82 Å². The molecule has 1 aliphatic carbocycles. The van der Waals surface area contributed by atoms with Crippen LogP contribution in [0.2, 0.25) is 0 Å². The number of aryl methyl sites for hydroxylation is 2. The van der Waals surface area contributed by atoms with Crippen molar-refractivity contribution in [2.45, 2.75) is 45.4 Å². The van der Waals surface area contributed by atoms with Crippen molar-refractivity contribution in [3.05, 3.63) is 16.3 Å². The lowest BCUT2D eigenvalue weighted by Gasteiger charge is -2.10. The number of anilines is 1. The van der Waals surface area contributed by atoms with E-state index in [1.807, 2.05) is 0 Å². The van der Waals surface area contributed by atoms with Gasteiger partial charge in [-0.3, -0.25) is 0 Å². The predicted octanol–water partition coefficient (Wildman–Crippen LogP) is 3.25. The third-order valence-corrected chi connectivity index (χ3v) is 5.00. The number of aromatic nitrogens is 2. The van der Waals surface area contributed by atoms with Gasteiger partial charge in [0.1, 0.15) is 10.7 Å². The van der Waals surface area contributed by atoms with Crippen molar-refractivity contribution in [1.29, 1.82) is 0 Å². The molecule has 0 spiro atoms. The van der Waals surface area contributed by atoms with Crippen LogP contribution in [0.5, 0.6) is 0 Å². The van der Waals surface area contributed by atoms with Gasteiger partial charge in [0.15, 0.2) is 5.82 Å². The maximum absolute atomic E-state index is 5.63. The van der Waals surface area contributed by atoms with E-state index in [9.17, 15) is 0 Å². The van der Waals surface area contributed by atoms with E-state index in [1.165, 1.54) is 36.1 Å². The van der Waals surface area contributed by atoms with Crippen LogP contribution in [-0.2, 0) is 0 Å². The van der Waals surface area contributed by atoms with Crippen LogP contribution in [0.1, 0.15) is 47.9 Å². The average Bonchev–Trinajstić information content (AvgIpc) is 2.98. The van der Waals surface area contributed by atoms with Crippen LogP contribution in [0.25, 0.3) is 10.2 Å². The first kappa shape index (κ1) is 11.9. The minimum atomic E-state index is 0.518. The maximum atomic E-state index is 5.63. The Morgan fingerprint density at radius 2 is 1.94 bits per heavy atom. The topological polar surface area (TPSA) is 63.8 Å². The largest absolute Gasteiger partial charge is 0.308 e. The van der Waals surface area contributed by atoms with Crippen molar-refractivity contribution in [3.8, 4) is 0 Å². The zero-order valence-corrected chi connectivity index (χ0v) is 11.6. The van der Waals surface area contributed by atoms with Gasteiger partial charge in [-0.05, 0) is 32.3 Å². The summed E-state index contributed by atoms with van der Waals surface area (Å²) in [7, 11) is 0. The Kier molecular flexibility index (Phi) is 2.95. The van der Waals surface area contributed by atoms with Gasteiger partial charge in [-0.25, -0.2) is 15.8 Å². The molecule has 1 aliphatic rings. The van der Waals surface area contributed by atoms with Gasteiger partial charge < -0.3 is 5.43 Å². The molecule has 0 aliphatic heterocycles. The Morgan fingerprint density at radius 3 is 2.61 bits per heavy atom. The molecule has 0 unspecified atom stereocenters. The molecule has 4 nitrogen and oxygen atoms in total. The smallest absolute Gasteiger partial charge is 0.152 e. The number of hydrogen-bond donors (Lipinski definition) is 2. The number of rotatable bonds is 2. The maximum Gasteiger partial charge on any atom is 0.152 e. The molecule has 0 atom stereocenters. The zero-order valence-electron chi connectivity index (χ0n) is 10.8. The van der Waals surface area contributed by atoms with E-state index in [2.05, 4.69) is 24.3 Å². The predicted molar refractivity (Wildman–Crippen MR) is 75.9 cm³/mol. The second kappa shape index (κ2) is 4.48. The number of nitrogen functional groups attached to an aromatic ring is 1. The second-order valence-corrected chi connectivity index (χ2v) is 6.22. The Balaban J connectivity index is 2.18. The van der Waals surface area contributed by atoms with Crippen molar-refractivity contribution >= 4 is 27.4 Å². The van der Waals surface area contributed by atoms with Gasteiger partial charge in [-0.1, -0.05) is 12.8 Å². The molecule has 2 aromatic heterocycles. The lowest BCUT2D eigenvalue weighted by molar-refractivity contribution is 0.674. The zero-order chi connectivity index (χ0) is 12.7. The summed E-state index contributed by atoms with van der Waals surface area (Å²) >= 11 is 1.73. The van der Waals surface area contributed by atoms with Gasteiger partial charge in [0.2, 0.25) is 0 Å². The van der Waals surface area contributed by atoms with Crippen molar-refractivity contribution in [1.82, 2.24) is 9.97 Å². The molecular formula is C13H18N4S. The fourth-order valence-electron chi connectivity index (χ4n) is 2.74. The summed E-state index contributed by atoms with van der Waals surface area (Å²) in [5.74, 6) is 7.89. The minimum Gasteiger partial charge on any atom is -0.308 e. The summed E-state index contributed by atoms with van der Waals surface area (Å²) in [6.45, 7) is 4.23. The Hall–Kier alpha value is -1.20. The van der Waals surface area contributed by atoms with Gasteiger partial charge in [0.25, 0.3) is 0 Å². The van der Waals surface area contributed by atoms with E-state index in [0.29, 0.717) is 5.92 Å². The van der Waals surface area contributed by atoms with Crippen LogP contribution in [0.15, 0.2) is 0 Å². The summed E-state index contributed by atoms with van der Waals surface area (Å²) in [4.78, 5) is 11.8.